The van der Waals surface area contributed by atoms with Crippen molar-refractivity contribution in [3.63, 3.8) is 0 Å². The number of rotatable bonds is 20. The molecule has 0 aliphatic rings. The first-order valence-corrected chi connectivity index (χ1v) is 12.1. The van der Waals surface area contributed by atoms with Crippen molar-refractivity contribution in [1.82, 2.24) is 5.32 Å². The number of hydrogen-bond donors (Lipinski definition) is 2. The Morgan fingerprint density at radius 1 is 0.423 bits per heavy atom. The fraction of sp³-hybridized carbons (Fsp3) is 1.00. The standard InChI is InChI=1S/C16H35N.C8H18O/c1-3-5-7-9-11-13-15-17-16-14-12-10-8-6-4-2;1-2-3-4-5-6-7-8-9/h17H,3-16H2,1-2H3;9H,2-8H2,1H3. The van der Waals surface area contributed by atoms with Crippen LogP contribution in [0.25, 0.3) is 0 Å². The second-order valence-electron chi connectivity index (χ2n) is 7.78. The SMILES string of the molecule is CCCCCCCCNCCCCCCCC.CCCCCCCCO. The van der Waals surface area contributed by atoms with Crippen LogP contribution < -0.4 is 5.32 Å². The average molecular weight is 372 g/mol. The largest absolute Gasteiger partial charge is 0.396 e. The van der Waals surface area contributed by atoms with Gasteiger partial charge in [-0.1, -0.05) is 117 Å². The van der Waals surface area contributed by atoms with Gasteiger partial charge in [-0.2, -0.15) is 0 Å². The molecule has 0 aromatic rings. The summed E-state index contributed by atoms with van der Waals surface area (Å²) in [5, 5.41) is 12.0. The molecule has 0 aromatic carbocycles. The van der Waals surface area contributed by atoms with Crippen molar-refractivity contribution in [3.8, 4) is 0 Å². The fourth-order valence-electron chi connectivity index (χ4n) is 3.08. The summed E-state index contributed by atoms with van der Waals surface area (Å²) >= 11 is 0. The van der Waals surface area contributed by atoms with Crippen molar-refractivity contribution < 1.29 is 5.11 Å². The molecule has 0 saturated carbocycles. The lowest BCUT2D eigenvalue weighted by Crippen LogP contribution is -2.16. The van der Waals surface area contributed by atoms with Crippen molar-refractivity contribution >= 4 is 0 Å². The Labute approximate surface area is 166 Å². The van der Waals surface area contributed by atoms with E-state index in [1.54, 1.807) is 0 Å². The monoisotopic (exact) mass is 371 g/mol. The van der Waals surface area contributed by atoms with Gasteiger partial charge in [-0.25, -0.2) is 0 Å². The van der Waals surface area contributed by atoms with Crippen molar-refractivity contribution in [2.75, 3.05) is 19.7 Å². The van der Waals surface area contributed by atoms with Gasteiger partial charge in [0.2, 0.25) is 0 Å². The highest BCUT2D eigenvalue weighted by molar-refractivity contribution is 4.51. The summed E-state index contributed by atoms with van der Waals surface area (Å²) in [5.41, 5.74) is 0. The van der Waals surface area contributed by atoms with Gasteiger partial charge < -0.3 is 10.4 Å². The van der Waals surface area contributed by atoms with Crippen LogP contribution in [-0.2, 0) is 0 Å². The summed E-state index contributed by atoms with van der Waals surface area (Å²) in [6.07, 6.45) is 24.4. The number of aliphatic hydroxyl groups excluding tert-OH is 1. The third kappa shape index (κ3) is 31.7. The van der Waals surface area contributed by atoms with Gasteiger partial charge in [0.15, 0.2) is 0 Å². The van der Waals surface area contributed by atoms with E-state index >= 15 is 0 Å². The van der Waals surface area contributed by atoms with Crippen LogP contribution in [0.2, 0.25) is 0 Å². The van der Waals surface area contributed by atoms with Gasteiger partial charge >= 0.3 is 0 Å². The van der Waals surface area contributed by atoms with E-state index in [1.165, 1.54) is 122 Å². The molecule has 0 heterocycles. The minimum absolute atomic E-state index is 0.367. The van der Waals surface area contributed by atoms with Crippen molar-refractivity contribution in [1.29, 1.82) is 0 Å². The summed E-state index contributed by atoms with van der Waals surface area (Å²) in [6, 6.07) is 0. The molecule has 0 rings (SSSR count). The van der Waals surface area contributed by atoms with Gasteiger partial charge in [0.1, 0.15) is 0 Å². The van der Waals surface area contributed by atoms with Gasteiger partial charge in [0, 0.05) is 6.61 Å². The lowest BCUT2D eigenvalue weighted by Gasteiger charge is -2.04. The van der Waals surface area contributed by atoms with Gasteiger partial charge in [-0.05, 0) is 32.4 Å². The first-order chi connectivity index (χ1) is 12.8. The maximum absolute atomic E-state index is 8.42. The summed E-state index contributed by atoms with van der Waals surface area (Å²) in [5.74, 6) is 0. The van der Waals surface area contributed by atoms with E-state index in [0.29, 0.717) is 6.61 Å². The fourth-order valence-corrected chi connectivity index (χ4v) is 3.08. The van der Waals surface area contributed by atoms with Crippen LogP contribution in [0.5, 0.6) is 0 Å². The van der Waals surface area contributed by atoms with Crippen molar-refractivity contribution in [3.05, 3.63) is 0 Å². The normalized spacial score (nSPS) is 10.6. The van der Waals surface area contributed by atoms with E-state index in [1.807, 2.05) is 0 Å². The van der Waals surface area contributed by atoms with E-state index in [4.69, 9.17) is 5.11 Å². The molecule has 0 radical (unpaired) electrons. The lowest BCUT2D eigenvalue weighted by atomic mass is 10.1. The molecule has 2 heteroatoms. The lowest BCUT2D eigenvalue weighted by molar-refractivity contribution is 0.282. The van der Waals surface area contributed by atoms with Gasteiger partial charge in [-0.3, -0.25) is 0 Å². The Kier molecular flexibility index (Phi) is 32.1. The van der Waals surface area contributed by atoms with Crippen LogP contribution in [0.3, 0.4) is 0 Å². The third-order valence-corrected chi connectivity index (χ3v) is 4.93. The molecule has 0 aliphatic heterocycles. The van der Waals surface area contributed by atoms with Gasteiger partial charge in [-0.15, -0.1) is 0 Å². The van der Waals surface area contributed by atoms with E-state index < -0.39 is 0 Å². The maximum Gasteiger partial charge on any atom is 0.0431 e. The average Bonchev–Trinajstić information content (AvgIpc) is 2.66. The highest BCUT2D eigenvalue weighted by Gasteiger charge is 1.92. The molecular weight excluding hydrogens is 318 g/mol. The molecule has 0 spiro atoms. The molecular formula is C24H53NO. The maximum atomic E-state index is 8.42. The van der Waals surface area contributed by atoms with Crippen LogP contribution >= 0.6 is 0 Å². The molecule has 0 saturated heterocycles. The van der Waals surface area contributed by atoms with Crippen molar-refractivity contribution in [2.24, 2.45) is 0 Å². The molecule has 26 heavy (non-hydrogen) atoms. The topological polar surface area (TPSA) is 32.3 Å². The molecule has 0 aromatic heterocycles. The van der Waals surface area contributed by atoms with E-state index in [9.17, 15) is 0 Å². The van der Waals surface area contributed by atoms with Crippen LogP contribution in [-0.4, -0.2) is 24.8 Å². The molecule has 0 unspecified atom stereocenters. The van der Waals surface area contributed by atoms with Gasteiger partial charge in [0.25, 0.3) is 0 Å². The van der Waals surface area contributed by atoms with Crippen molar-refractivity contribution in [2.45, 2.75) is 136 Å². The number of nitrogens with one attached hydrogen (secondary N) is 1. The molecule has 2 nitrogen and oxygen atoms in total. The van der Waals surface area contributed by atoms with Crippen LogP contribution in [0.1, 0.15) is 136 Å². The first kappa shape index (κ1) is 28.1. The van der Waals surface area contributed by atoms with Crippen LogP contribution in [0.4, 0.5) is 0 Å². The van der Waals surface area contributed by atoms with E-state index in [0.717, 1.165) is 6.42 Å². The molecule has 2 N–H and O–H groups in total. The van der Waals surface area contributed by atoms with Gasteiger partial charge in [0.05, 0.1) is 0 Å². The predicted molar refractivity (Wildman–Crippen MR) is 120 cm³/mol. The molecule has 0 bridgehead atoms. The van der Waals surface area contributed by atoms with E-state index in [-0.39, 0.29) is 0 Å². The Balaban J connectivity index is 0. The molecule has 160 valence electrons. The zero-order valence-electron chi connectivity index (χ0n) is 18.8. The predicted octanol–water partition coefficient (Wildman–Crippen LogP) is 7.64. The van der Waals surface area contributed by atoms with Crippen LogP contribution in [0, 0.1) is 0 Å². The minimum atomic E-state index is 0.367. The number of hydrogen-bond acceptors (Lipinski definition) is 2. The summed E-state index contributed by atoms with van der Waals surface area (Å²) < 4.78 is 0. The molecule has 0 atom stereocenters. The highest BCUT2D eigenvalue weighted by Crippen LogP contribution is 2.05. The Hall–Kier alpha value is -0.0800. The Bertz CT molecular complexity index is 188. The minimum Gasteiger partial charge on any atom is -0.396 e. The summed E-state index contributed by atoms with van der Waals surface area (Å²) in [7, 11) is 0. The molecule has 0 aliphatic carbocycles. The Morgan fingerprint density at radius 3 is 1.08 bits per heavy atom. The summed E-state index contributed by atoms with van der Waals surface area (Å²) in [6.45, 7) is 9.62. The Morgan fingerprint density at radius 2 is 0.731 bits per heavy atom. The van der Waals surface area contributed by atoms with E-state index in [2.05, 4.69) is 26.1 Å². The second-order valence-corrected chi connectivity index (χ2v) is 7.78. The highest BCUT2D eigenvalue weighted by atomic mass is 16.2. The zero-order chi connectivity index (χ0) is 19.6. The zero-order valence-corrected chi connectivity index (χ0v) is 18.8. The molecule has 0 amide bonds. The molecule has 0 fully saturated rings. The third-order valence-electron chi connectivity index (χ3n) is 4.93. The smallest absolute Gasteiger partial charge is 0.0431 e. The van der Waals surface area contributed by atoms with Crippen LogP contribution in [0.15, 0.2) is 0 Å². The summed E-state index contributed by atoms with van der Waals surface area (Å²) in [4.78, 5) is 0. The number of unbranched alkanes of at least 4 members (excludes halogenated alkanes) is 15. The second kappa shape index (κ2) is 29.7. The first-order valence-electron chi connectivity index (χ1n) is 12.1. The quantitative estimate of drug-likeness (QED) is 0.215. The number of aliphatic hydroxyl groups is 1.